The number of carbonyl (C=O) groups is 2. The smallest absolute Gasteiger partial charge is 0.327 e. The Morgan fingerprint density at radius 2 is 2.19 bits per heavy atom. The summed E-state index contributed by atoms with van der Waals surface area (Å²) in [6.45, 7) is 4.23. The summed E-state index contributed by atoms with van der Waals surface area (Å²) in [5, 5.41) is 9.37. The maximum atomic E-state index is 12.6. The summed E-state index contributed by atoms with van der Waals surface area (Å²) in [6, 6.07) is 6.26. The molecule has 1 aromatic carbocycles. The molecule has 0 aliphatic carbocycles. The topological polar surface area (TPSA) is 60.9 Å². The standard InChI is InChI=1S/C16H20N2O3/c1-3-4-7-10-17(2)16(21)18-13-9-6-5-8-12(13)11-14(18)15(19)20/h3,5-6,8-9,14H,1,4,7,10-11H2,2H3,(H,19,20). The number of carboxylic acids is 1. The molecule has 0 radical (unpaired) electrons. The average Bonchev–Trinajstić information content (AvgIpc) is 2.86. The lowest BCUT2D eigenvalue weighted by Gasteiger charge is -2.28. The van der Waals surface area contributed by atoms with Crippen LogP contribution in [-0.4, -0.2) is 41.6 Å². The summed E-state index contributed by atoms with van der Waals surface area (Å²) >= 11 is 0. The van der Waals surface area contributed by atoms with Crippen molar-refractivity contribution < 1.29 is 14.7 Å². The first-order valence-electron chi connectivity index (χ1n) is 7.02. The molecule has 112 valence electrons. The number of benzene rings is 1. The Labute approximate surface area is 124 Å². The summed E-state index contributed by atoms with van der Waals surface area (Å²) < 4.78 is 0. The van der Waals surface area contributed by atoms with E-state index < -0.39 is 12.0 Å². The molecular formula is C16H20N2O3. The van der Waals surface area contributed by atoms with E-state index in [9.17, 15) is 14.7 Å². The first-order chi connectivity index (χ1) is 10.1. The van der Waals surface area contributed by atoms with Crippen molar-refractivity contribution >= 4 is 17.7 Å². The summed E-state index contributed by atoms with van der Waals surface area (Å²) in [7, 11) is 1.70. The number of para-hydroxylation sites is 1. The van der Waals surface area contributed by atoms with Crippen molar-refractivity contribution in [3.05, 3.63) is 42.5 Å². The van der Waals surface area contributed by atoms with E-state index in [1.165, 1.54) is 4.90 Å². The number of rotatable bonds is 5. The lowest BCUT2D eigenvalue weighted by atomic mass is 10.1. The largest absolute Gasteiger partial charge is 0.480 e. The lowest BCUT2D eigenvalue weighted by molar-refractivity contribution is -0.138. The maximum absolute atomic E-state index is 12.6. The molecule has 2 rings (SSSR count). The van der Waals surface area contributed by atoms with Crippen LogP contribution in [0.1, 0.15) is 18.4 Å². The number of anilines is 1. The van der Waals surface area contributed by atoms with Gasteiger partial charge in [0.25, 0.3) is 0 Å². The zero-order valence-corrected chi connectivity index (χ0v) is 12.2. The number of allylic oxidation sites excluding steroid dienone is 1. The van der Waals surface area contributed by atoms with Gasteiger partial charge in [-0.1, -0.05) is 24.3 Å². The molecule has 0 fully saturated rings. The van der Waals surface area contributed by atoms with Gasteiger partial charge in [-0.15, -0.1) is 6.58 Å². The third kappa shape index (κ3) is 3.07. The minimum absolute atomic E-state index is 0.267. The van der Waals surface area contributed by atoms with Crippen LogP contribution in [0.25, 0.3) is 0 Å². The van der Waals surface area contributed by atoms with E-state index in [0.717, 1.165) is 18.4 Å². The van der Waals surface area contributed by atoms with Gasteiger partial charge >= 0.3 is 12.0 Å². The highest BCUT2D eigenvalue weighted by Crippen LogP contribution is 2.32. The third-order valence-electron chi connectivity index (χ3n) is 3.70. The molecule has 0 aromatic heterocycles. The van der Waals surface area contributed by atoms with Crippen molar-refractivity contribution in [2.45, 2.75) is 25.3 Å². The molecule has 1 unspecified atom stereocenters. The second-order valence-corrected chi connectivity index (χ2v) is 5.19. The predicted molar refractivity (Wildman–Crippen MR) is 81.5 cm³/mol. The molecule has 1 aliphatic heterocycles. The second kappa shape index (κ2) is 6.43. The van der Waals surface area contributed by atoms with Crippen LogP contribution in [-0.2, 0) is 11.2 Å². The van der Waals surface area contributed by atoms with Gasteiger partial charge in [0.15, 0.2) is 0 Å². The van der Waals surface area contributed by atoms with Crippen LogP contribution >= 0.6 is 0 Å². The molecule has 5 nitrogen and oxygen atoms in total. The van der Waals surface area contributed by atoms with Gasteiger partial charge in [0.2, 0.25) is 0 Å². The van der Waals surface area contributed by atoms with Gasteiger partial charge in [0.1, 0.15) is 6.04 Å². The van der Waals surface area contributed by atoms with E-state index in [1.54, 1.807) is 18.0 Å². The zero-order chi connectivity index (χ0) is 15.4. The molecule has 1 heterocycles. The number of nitrogens with zero attached hydrogens (tertiary/aromatic N) is 2. The van der Waals surface area contributed by atoms with Gasteiger partial charge in [-0.25, -0.2) is 9.59 Å². The Morgan fingerprint density at radius 3 is 2.86 bits per heavy atom. The Balaban J connectivity index is 2.20. The normalized spacial score (nSPS) is 16.4. The van der Waals surface area contributed by atoms with Gasteiger partial charge in [0, 0.05) is 25.7 Å². The highest BCUT2D eigenvalue weighted by Gasteiger charge is 2.39. The third-order valence-corrected chi connectivity index (χ3v) is 3.70. The number of carbonyl (C=O) groups excluding carboxylic acids is 1. The number of unbranched alkanes of at least 4 members (excludes halogenated alkanes) is 1. The van der Waals surface area contributed by atoms with E-state index in [1.807, 2.05) is 24.3 Å². The molecule has 0 bridgehead atoms. The van der Waals surface area contributed by atoms with Crippen molar-refractivity contribution in [2.75, 3.05) is 18.5 Å². The van der Waals surface area contributed by atoms with Gasteiger partial charge in [-0.05, 0) is 24.5 Å². The van der Waals surface area contributed by atoms with Crippen molar-refractivity contribution in [2.24, 2.45) is 0 Å². The number of amides is 2. The highest BCUT2D eigenvalue weighted by atomic mass is 16.4. The molecule has 0 spiro atoms. The van der Waals surface area contributed by atoms with E-state index in [-0.39, 0.29) is 6.03 Å². The van der Waals surface area contributed by atoms with Gasteiger partial charge < -0.3 is 10.0 Å². The lowest BCUT2D eigenvalue weighted by Crippen LogP contribution is -2.48. The van der Waals surface area contributed by atoms with Crippen LogP contribution in [0, 0.1) is 0 Å². The van der Waals surface area contributed by atoms with Crippen LogP contribution in [0.5, 0.6) is 0 Å². The van der Waals surface area contributed by atoms with Crippen LogP contribution in [0.15, 0.2) is 36.9 Å². The van der Waals surface area contributed by atoms with E-state index in [0.29, 0.717) is 18.7 Å². The number of fused-ring (bicyclic) bond motifs is 1. The minimum atomic E-state index is -0.973. The van der Waals surface area contributed by atoms with Crippen LogP contribution in [0.3, 0.4) is 0 Å². The number of hydrogen-bond acceptors (Lipinski definition) is 2. The van der Waals surface area contributed by atoms with Gasteiger partial charge in [0.05, 0.1) is 0 Å². The van der Waals surface area contributed by atoms with Gasteiger partial charge in [-0.2, -0.15) is 0 Å². The first kappa shape index (κ1) is 15.1. The summed E-state index contributed by atoms with van der Waals surface area (Å²) in [5.74, 6) is -0.973. The Hall–Kier alpha value is -2.30. The number of hydrogen-bond donors (Lipinski definition) is 1. The van der Waals surface area contributed by atoms with Crippen LogP contribution in [0.4, 0.5) is 10.5 Å². The van der Waals surface area contributed by atoms with Crippen molar-refractivity contribution in [3.8, 4) is 0 Å². The van der Waals surface area contributed by atoms with E-state index >= 15 is 0 Å². The summed E-state index contributed by atoms with van der Waals surface area (Å²) in [4.78, 5) is 27.0. The second-order valence-electron chi connectivity index (χ2n) is 5.19. The predicted octanol–water partition coefficient (Wildman–Crippen LogP) is 2.52. The number of aliphatic carboxylic acids is 1. The maximum Gasteiger partial charge on any atom is 0.327 e. The van der Waals surface area contributed by atoms with Crippen LogP contribution < -0.4 is 4.90 Å². The summed E-state index contributed by atoms with van der Waals surface area (Å²) in [6.07, 6.45) is 3.82. The number of carboxylic acid groups (broad SMARTS) is 1. The van der Waals surface area contributed by atoms with Gasteiger partial charge in [-0.3, -0.25) is 4.90 Å². The Morgan fingerprint density at radius 1 is 1.48 bits per heavy atom. The molecular weight excluding hydrogens is 268 g/mol. The average molecular weight is 288 g/mol. The minimum Gasteiger partial charge on any atom is -0.480 e. The zero-order valence-electron chi connectivity index (χ0n) is 12.2. The molecule has 5 heteroatoms. The SMILES string of the molecule is C=CCCCN(C)C(=O)N1c2ccccc2CC1C(=O)O. The van der Waals surface area contributed by atoms with Crippen LogP contribution in [0.2, 0.25) is 0 Å². The van der Waals surface area contributed by atoms with E-state index in [4.69, 9.17) is 0 Å². The van der Waals surface area contributed by atoms with Crippen molar-refractivity contribution in [3.63, 3.8) is 0 Å². The molecule has 0 saturated carbocycles. The fraction of sp³-hybridized carbons (Fsp3) is 0.375. The molecule has 1 aromatic rings. The molecule has 0 saturated heterocycles. The molecule has 1 N–H and O–H groups in total. The fourth-order valence-electron chi connectivity index (χ4n) is 2.57. The quantitative estimate of drug-likeness (QED) is 0.669. The van der Waals surface area contributed by atoms with E-state index in [2.05, 4.69) is 6.58 Å². The molecule has 1 aliphatic rings. The monoisotopic (exact) mass is 288 g/mol. The summed E-state index contributed by atoms with van der Waals surface area (Å²) in [5.41, 5.74) is 1.60. The molecule has 1 atom stereocenters. The van der Waals surface area contributed by atoms with Crippen molar-refractivity contribution in [1.29, 1.82) is 0 Å². The fourth-order valence-corrected chi connectivity index (χ4v) is 2.57. The first-order valence-corrected chi connectivity index (χ1v) is 7.02. The Bertz CT molecular complexity index is 556. The molecule has 21 heavy (non-hydrogen) atoms. The van der Waals surface area contributed by atoms with Crippen molar-refractivity contribution in [1.82, 2.24) is 4.90 Å². The Kier molecular flexibility index (Phi) is 4.62. The molecule has 2 amide bonds. The number of urea groups is 1. The highest BCUT2D eigenvalue weighted by molar-refractivity contribution is 6.00.